The summed E-state index contributed by atoms with van der Waals surface area (Å²) in [6.45, 7) is 10.9. The first-order chi connectivity index (χ1) is 13.6. The Bertz CT molecular complexity index is 411. The van der Waals surface area contributed by atoms with Crippen molar-refractivity contribution < 1.29 is 19.1 Å². The Morgan fingerprint density at radius 1 is 0.929 bits per heavy atom. The van der Waals surface area contributed by atoms with E-state index in [0.717, 1.165) is 38.5 Å². The van der Waals surface area contributed by atoms with Crippen LogP contribution in [0.15, 0.2) is 12.7 Å². The third-order valence-corrected chi connectivity index (χ3v) is 4.96. The second kappa shape index (κ2) is 18.8. The normalized spacial score (nSPS) is 12.8. The lowest BCUT2D eigenvalue weighted by Gasteiger charge is -2.18. The molecule has 0 aromatic heterocycles. The summed E-state index contributed by atoms with van der Waals surface area (Å²) in [5.41, 5.74) is 0. The van der Waals surface area contributed by atoms with Crippen LogP contribution in [0, 0.1) is 5.92 Å². The van der Waals surface area contributed by atoms with Crippen molar-refractivity contribution in [2.45, 2.75) is 104 Å². The highest BCUT2D eigenvalue weighted by molar-refractivity contribution is 5.81. The number of ether oxygens (including phenoxy) is 2. The van der Waals surface area contributed by atoms with E-state index in [2.05, 4.69) is 32.7 Å². The Hall–Kier alpha value is -1.52. The lowest BCUT2D eigenvalue weighted by atomic mass is 10.0. The topological polar surface area (TPSA) is 64.6 Å². The molecule has 0 saturated carbocycles. The minimum Gasteiger partial charge on any atom is -0.464 e. The second-order valence-corrected chi connectivity index (χ2v) is 7.53. The van der Waals surface area contributed by atoms with Crippen LogP contribution in [0.4, 0.5) is 4.79 Å². The van der Waals surface area contributed by atoms with Crippen LogP contribution in [-0.4, -0.2) is 31.3 Å². The molecule has 1 N–H and O–H groups in total. The molecule has 5 nitrogen and oxygen atoms in total. The molecule has 0 saturated heterocycles. The number of hydrogen-bond acceptors (Lipinski definition) is 4. The minimum atomic E-state index is -0.731. The molecule has 0 heterocycles. The number of esters is 1. The monoisotopic (exact) mass is 397 g/mol. The van der Waals surface area contributed by atoms with Crippen LogP contribution in [-0.2, 0) is 14.3 Å². The number of unbranched alkanes of at least 4 members (excludes halogenated alkanes) is 7. The summed E-state index contributed by atoms with van der Waals surface area (Å²) in [6, 6.07) is -0.731. The Kier molecular flexibility index (Phi) is 17.8. The molecule has 2 unspecified atom stereocenters. The molecule has 0 fully saturated rings. The molecule has 0 spiro atoms. The van der Waals surface area contributed by atoms with Gasteiger partial charge >= 0.3 is 12.1 Å². The van der Waals surface area contributed by atoms with Gasteiger partial charge in [0.05, 0.1) is 13.2 Å². The average Bonchev–Trinajstić information content (AvgIpc) is 2.69. The fourth-order valence-corrected chi connectivity index (χ4v) is 2.99. The highest BCUT2D eigenvalue weighted by atomic mass is 16.6. The standard InChI is InChI=1S/C23H43NO4/c1-5-9-11-12-13-14-15-18-27-22(25)21(16-7-3)24-23(26)28-19-20(8-4)17-10-6-2/h7,20-21H,3,5-6,8-19H2,1-2,4H3,(H,24,26). The summed E-state index contributed by atoms with van der Waals surface area (Å²) < 4.78 is 10.6. The molecule has 0 aliphatic carbocycles. The van der Waals surface area contributed by atoms with Crippen LogP contribution in [0.1, 0.15) is 97.8 Å². The number of amides is 1. The summed E-state index contributed by atoms with van der Waals surface area (Å²) >= 11 is 0. The molecule has 1 amide bonds. The Morgan fingerprint density at radius 3 is 2.18 bits per heavy atom. The zero-order valence-electron chi connectivity index (χ0n) is 18.5. The summed E-state index contributed by atoms with van der Waals surface area (Å²) in [5, 5.41) is 2.62. The molecule has 164 valence electrons. The molecule has 0 aromatic rings. The van der Waals surface area contributed by atoms with Gasteiger partial charge in [-0.3, -0.25) is 0 Å². The van der Waals surface area contributed by atoms with Gasteiger partial charge in [-0.1, -0.05) is 84.6 Å². The quantitative estimate of drug-likeness (QED) is 0.171. The average molecular weight is 398 g/mol. The maximum atomic E-state index is 12.2. The third-order valence-electron chi connectivity index (χ3n) is 4.96. The van der Waals surface area contributed by atoms with E-state index in [0.29, 0.717) is 25.6 Å². The summed E-state index contributed by atoms with van der Waals surface area (Å²) in [4.78, 5) is 24.3. The van der Waals surface area contributed by atoms with Gasteiger partial charge in [0.2, 0.25) is 0 Å². The van der Waals surface area contributed by atoms with Gasteiger partial charge in [-0.15, -0.1) is 6.58 Å². The van der Waals surface area contributed by atoms with Crippen molar-refractivity contribution in [1.29, 1.82) is 0 Å². The van der Waals surface area contributed by atoms with E-state index in [-0.39, 0.29) is 0 Å². The van der Waals surface area contributed by atoms with E-state index < -0.39 is 18.1 Å². The van der Waals surface area contributed by atoms with Gasteiger partial charge in [-0.2, -0.15) is 0 Å². The molecule has 0 aromatic carbocycles. The molecule has 0 rings (SSSR count). The fourth-order valence-electron chi connectivity index (χ4n) is 2.99. The predicted octanol–water partition coefficient (Wildman–Crippen LogP) is 6.17. The van der Waals surface area contributed by atoms with Gasteiger partial charge in [0.1, 0.15) is 6.04 Å². The SMILES string of the molecule is C=CCC(NC(=O)OCC(CC)CCCC)C(=O)OCCCCCCCCC. The zero-order chi connectivity index (χ0) is 21.0. The van der Waals surface area contributed by atoms with Crippen molar-refractivity contribution >= 4 is 12.1 Å². The van der Waals surface area contributed by atoms with Crippen LogP contribution >= 0.6 is 0 Å². The van der Waals surface area contributed by atoms with Crippen LogP contribution in [0.3, 0.4) is 0 Å². The smallest absolute Gasteiger partial charge is 0.407 e. The minimum absolute atomic E-state index is 0.331. The second-order valence-electron chi connectivity index (χ2n) is 7.53. The van der Waals surface area contributed by atoms with Crippen LogP contribution in [0.2, 0.25) is 0 Å². The Balaban J connectivity index is 4.11. The molecular weight excluding hydrogens is 354 g/mol. The molecule has 0 radical (unpaired) electrons. The summed E-state index contributed by atoms with van der Waals surface area (Å²) in [7, 11) is 0. The van der Waals surface area contributed by atoms with Crippen molar-refractivity contribution in [1.82, 2.24) is 5.32 Å². The van der Waals surface area contributed by atoms with E-state index in [4.69, 9.17) is 9.47 Å². The first kappa shape index (κ1) is 26.5. The third kappa shape index (κ3) is 14.5. The fraction of sp³-hybridized carbons (Fsp3) is 0.826. The van der Waals surface area contributed by atoms with Crippen LogP contribution in [0.25, 0.3) is 0 Å². The lowest BCUT2D eigenvalue weighted by Crippen LogP contribution is -2.42. The summed E-state index contributed by atoms with van der Waals surface area (Å²) in [5.74, 6) is -0.0475. The van der Waals surface area contributed by atoms with E-state index in [9.17, 15) is 9.59 Å². The number of nitrogens with one attached hydrogen (secondary N) is 1. The predicted molar refractivity (Wildman–Crippen MR) is 115 cm³/mol. The maximum Gasteiger partial charge on any atom is 0.407 e. The van der Waals surface area contributed by atoms with Gasteiger partial charge in [0, 0.05) is 0 Å². The number of carbonyl (C=O) groups is 2. The molecule has 5 heteroatoms. The number of rotatable bonds is 18. The maximum absolute atomic E-state index is 12.2. The highest BCUT2D eigenvalue weighted by Crippen LogP contribution is 2.13. The number of hydrogen-bond donors (Lipinski definition) is 1. The van der Waals surface area contributed by atoms with Crippen molar-refractivity contribution in [2.24, 2.45) is 5.92 Å². The zero-order valence-corrected chi connectivity index (χ0v) is 18.5. The molecule has 0 aliphatic rings. The van der Waals surface area contributed by atoms with Crippen molar-refractivity contribution in [3.63, 3.8) is 0 Å². The van der Waals surface area contributed by atoms with E-state index in [1.165, 1.54) is 32.1 Å². The van der Waals surface area contributed by atoms with E-state index in [1.54, 1.807) is 6.08 Å². The van der Waals surface area contributed by atoms with Crippen molar-refractivity contribution in [2.75, 3.05) is 13.2 Å². The molecule has 2 atom stereocenters. The Morgan fingerprint density at radius 2 is 1.57 bits per heavy atom. The van der Waals surface area contributed by atoms with Crippen LogP contribution in [0.5, 0.6) is 0 Å². The summed E-state index contributed by atoms with van der Waals surface area (Å²) in [6.07, 6.45) is 13.8. The van der Waals surface area contributed by atoms with Gasteiger partial charge < -0.3 is 14.8 Å². The first-order valence-corrected chi connectivity index (χ1v) is 11.3. The first-order valence-electron chi connectivity index (χ1n) is 11.3. The largest absolute Gasteiger partial charge is 0.464 e. The van der Waals surface area contributed by atoms with E-state index in [1.807, 2.05) is 0 Å². The number of alkyl carbamates (subject to hydrolysis) is 1. The van der Waals surface area contributed by atoms with Gasteiger partial charge in [-0.05, 0) is 25.2 Å². The lowest BCUT2D eigenvalue weighted by molar-refractivity contribution is -0.146. The number of carbonyl (C=O) groups excluding carboxylic acids is 2. The van der Waals surface area contributed by atoms with Crippen molar-refractivity contribution in [3.05, 3.63) is 12.7 Å². The highest BCUT2D eigenvalue weighted by Gasteiger charge is 2.22. The Labute approximate surface area is 172 Å². The van der Waals surface area contributed by atoms with Crippen molar-refractivity contribution in [3.8, 4) is 0 Å². The molecule has 0 aliphatic heterocycles. The van der Waals surface area contributed by atoms with E-state index >= 15 is 0 Å². The van der Waals surface area contributed by atoms with Gasteiger partial charge in [0.15, 0.2) is 0 Å². The molecule has 28 heavy (non-hydrogen) atoms. The van der Waals surface area contributed by atoms with Crippen LogP contribution < -0.4 is 5.32 Å². The van der Waals surface area contributed by atoms with Gasteiger partial charge in [0.25, 0.3) is 0 Å². The molecular formula is C23H43NO4. The van der Waals surface area contributed by atoms with Gasteiger partial charge in [-0.25, -0.2) is 9.59 Å². The molecule has 0 bridgehead atoms.